The zero-order valence-electron chi connectivity index (χ0n) is 12.2. The summed E-state index contributed by atoms with van der Waals surface area (Å²) in [5.74, 6) is 0. The zero-order valence-corrected chi connectivity index (χ0v) is 12.2. The molecule has 0 unspecified atom stereocenters. The van der Waals surface area contributed by atoms with E-state index in [1.54, 1.807) is 0 Å². The first-order chi connectivity index (χ1) is 8.29. The molecule has 0 radical (unpaired) electrons. The Morgan fingerprint density at radius 2 is 1.71 bits per heavy atom. The zero-order chi connectivity index (χ0) is 12.6. The predicted molar refractivity (Wildman–Crippen MR) is 76.5 cm³/mol. The van der Waals surface area contributed by atoms with E-state index in [1.807, 2.05) is 0 Å². The van der Waals surface area contributed by atoms with Crippen LogP contribution in [0, 0.1) is 0 Å². The van der Waals surface area contributed by atoms with Gasteiger partial charge in [-0.15, -0.1) is 0 Å². The minimum Gasteiger partial charge on any atom is -0.314 e. The summed E-state index contributed by atoms with van der Waals surface area (Å²) in [5.41, 5.74) is 0.447. The average Bonchev–Trinajstić information content (AvgIpc) is 2.39. The van der Waals surface area contributed by atoms with Crippen LogP contribution in [0.3, 0.4) is 0 Å². The number of rotatable bonds is 8. The molecule has 1 aliphatic rings. The second-order valence-corrected chi connectivity index (χ2v) is 5.51. The van der Waals surface area contributed by atoms with Gasteiger partial charge in [0.2, 0.25) is 0 Å². The molecule has 0 bridgehead atoms. The first-order valence-electron chi connectivity index (χ1n) is 7.75. The van der Waals surface area contributed by atoms with E-state index < -0.39 is 0 Å². The van der Waals surface area contributed by atoms with Gasteiger partial charge in [0, 0.05) is 25.2 Å². The maximum Gasteiger partial charge on any atom is 0.0329 e. The number of unbranched alkanes of at least 4 members (excludes halogenated alkanes) is 4. The molecule has 1 aliphatic heterocycles. The molecule has 2 heteroatoms. The van der Waals surface area contributed by atoms with Gasteiger partial charge >= 0.3 is 0 Å². The van der Waals surface area contributed by atoms with E-state index in [2.05, 4.69) is 31.0 Å². The highest BCUT2D eigenvalue weighted by atomic mass is 15.3. The van der Waals surface area contributed by atoms with Crippen molar-refractivity contribution < 1.29 is 0 Å². The minimum atomic E-state index is 0.447. The SMILES string of the molecule is CCCCCCCN1CCNCC1(CC)CC. The summed E-state index contributed by atoms with van der Waals surface area (Å²) in [6.07, 6.45) is 9.56. The molecule has 0 aromatic carbocycles. The Morgan fingerprint density at radius 3 is 2.35 bits per heavy atom. The lowest BCUT2D eigenvalue weighted by atomic mass is 9.88. The lowest BCUT2D eigenvalue weighted by Gasteiger charge is -2.47. The number of hydrogen-bond donors (Lipinski definition) is 1. The highest BCUT2D eigenvalue weighted by Gasteiger charge is 2.34. The Morgan fingerprint density at radius 1 is 1.00 bits per heavy atom. The smallest absolute Gasteiger partial charge is 0.0329 e. The molecule has 0 amide bonds. The van der Waals surface area contributed by atoms with Crippen LogP contribution in [0.1, 0.15) is 65.7 Å². The molecule has 0 atom stereocenters. The molecule has 0 spiro atoms. The number of nitrogens with zero attached hydrogens (tertiary/aromatic N) is 1. The highest BCUT2D eigenvalue weighted by molar-refractivity contribution is 4.93. The van der Waals surface area contributed by atoms with Gasteiger partial charge in [0.05, 0.1) is 0 Å². The lowest BCUT2D eigenvalue weighted by molar-refractivity contribution is 0.0505. The summed E-state index contributed by atoms with van der Waals surface area (Å²) in [6, 6.07) is 0. The van der Waals surface area contributed by atoms with E-state index in [9.17, 15) is 0 Å². The van der Waals surface area contributed by atoms with Crippen molar-refractivity contribution in [1.29, 1.82) is 0 Å². The Bertz CT molecular complexity index is 187. The van der Waals surface area contributed by atoms with Gasteiger partial charge in [-0.1, -0.05) is 46.5 Å². The maximum atomic E-state index is 3.58. The van der Waals surface area contributed by atoms with Gasteiger partial charge in [-0.05, 0) is 25.8 Å². The summed E-state index contributed by atoms with van der Waals surface area (Å²) < 4.78 is 0. The largest absolute Gasteiger partial charge is 0.314 e. The molecular weight excluding hydrogens is 208 g/mol. The fraction of sp³-hybridized carbons (Fsp3) is 1.00. The standard InChI is InChI=1S/C15H32N2/c1-4-7-8-9-10-12-17-13-11-16-14-15(17,5-2)6-3/h16H,4-14H2,1-3H3. The molecule has 0 aromatic rings. The van der Waals surface area contributed by atoms with E-state index >= 15 is 0 Å². The van der Waals surface area contributed by atoms with Crippen molar-refractivity contribution in [2.45, 2.75) is 71.3 Å². The fourth-order valence-corrected chi connectivity index (χ4v) is 3.09. The van der Waals surface area contributed by atoms with Crippen molar-refractivity contribution in [2.24, 2.45) is 0 Å². The Kier molecular flexibility index (Phi) is 7.14. The maximum absolute atomic E-state index is 3.58. The van der Waals surface area contributed by atoms with Crippen LogP contribution in [-0.2, 0) is 0 Å². The van der Waals surface area contributed by atoms with Crippen LogP contribution in [-0.4, -0.2) is 36.6 Å². The van der Waals surface area contributed by atoms with Crippen molar-refractivity contribution in [3.8, 4) is 0 Å². The summed E-state index contributed by atoms with van der Waals surface area (Å²) in [5, 5.41) is 3.58. The third-order valence-corrected chi connectivity index (χ3v) is 4.53. The van der Waals surface area contributed by atoms with E-state index in [0.29, 0.717) is 5.54 Å². The van der Waals surface area contributed by atoms with Crippen molar-refractivity contribution >= 4 is 0 Å². The molecular formula is C15H32N2. The van der Waals surface area contributed by atoms with Crippen molar-refractivity contribution in [3.05, 3.63) is 0 Å². The second-order valence-electron chi connectivity index (χ2n) is 5.51. The molecule has 2 nitrogen and oxygen atoms in total. The normalized spacial score (nSPS) is 20.6. The van der Waals surface area contributed by atoms with Gasteiger partial charge < -0.3 is 5.32 Å². The summed E-state index contributed by atoms with van der Waals surface area (Å²) in [4.78, 5) is 2.76. The van der Waals surface area contributed by atoms with Crippen LogP contribution in [0.25, 0.3) is 0 Å². The Labute approximate surface area is 108 Å². The van der Waals surface area contributed by atoms with Crippen molar-refractivity contribution in [2.75, 3.05) is 26.2 Å². The predicted octanol–water partition coefficient (Wildman–Crippen LogP) is 3.42. The van der Waals surface area contributed by atoms with Gasteiger partial charge in [-0.3, -0.25) is 4.90 Å². The van der Waals surface area contributed by atoms with Crippen LogP contribution in [0.4, 0.5) is 0 Å². The number of hydrogen-bond acceptors (Lipinski definition) is 2. The molecule has 0 aliphatic carbocycles. The topological polar surface area (TPSA) is 15.3 Å². The molecule has 1 fully saturated rings. The molecule has 102 valence electrons. The first kappa shape index (κ1) is 15.0. The van der Waals surface area contributed by atoms with Gasteiger partial charge in [0.1, 0.15) is 0 Å². The first-order valence-corrected chi connectivity index (χ1v) is 7.75. The molecule has 17 heavy (non-hydrogen) atoms. The van der Waals surface area contributed by atoms with Gasteiger partial charge in [0.25, 0.3) is 0 Å². The van der Waals surface area contributed by atoms with Crippen LogP contribution in [0.15, 0.2) is 0 Å². The van der Waals surface area contributed by atoms with Crippen molar-refractivity contribution in [1.82, 2.24) is 10.2 Å². The minimum absolute atomic E-state index is 0.447. The third kappa shape index (κ3) is 4.26. The molecule has 1 heterocycles. The van der Waals surface area contributed by atoms with Gasteiger partial charge in [0.15, 0.2) is 0 Å². The summed E-state index contributed by atoms with van der Waals surface area (Å²) in [6.45, 7) is 11.9. The summed E-state index contributed by atoms with van der Waals surface area (Å²) in [7, 11) is 0. The molecule has 1 rings (SSSR count). The Balaban J connectivity index is 2.32. The fourth-order valence-electron chi connectivity index (χ4n) is 3.09. The van der Waals surface area contributed by atoms with E-state index in [-0.39, 0.29) is 0 Å². The molecule has 0 aromatic heterocycles. The number of nitrogens with one attached hydrogen (secondary N) is 1. The molecule has 1 saturated heterocycles. The van der Waals surface area contributed by atoms with E-state index in [0.717, 1.165) is 0 Å². The quantitative estimate of drug-likeness (QED) is 0.654. The molecule has 0 saturated carbocycles. The molecule has 1 N–H and O–H groups in total. The Hall–Kier alpha value is -0.0800. The van der Waals surface area contributed by atoms with Crippen LogP contribution < -0.4 is 5.32 Å². The lowest BCUT2D eigenvalue weighted by Crippen LogP contribution is -2.60. The van der Waals surface area contributed by atoms with Crippen LogP contribution in [0.2, 0.25) is 0 Å². The van der Waals surface area contributed by atoms with E-state index in [4.69, 9.17) is 0 Å². The highest BCUT2D eigenvalue weighted by Crippen LogP contribution is 2.25. The average molecular weight is 240 g/mol. The van der Waals surface area contributed by atoms with Gasteiger partial charge in [-0.2, -0.15) is 0 Å². The monoisotopic (exact) mass is 240 g/mol. The number of piperazine rings is 1. The van der Waals surface area contributed by atoms with Crippen molar-refractivity contribution in [3.63, 3.8) is 0 Å². The summed E-state index contributed by atoms with van der Waals surface area (Å²) >= 11 is 0. The van der Waals surface area contributed by atoms with Gasteiger partial charge in [-0.25, -0.2) is 0 Å². The third-order valence-electron chi connectivity index (χ3n) is 4.53. The second kappa shape index (κ2) is 8.10. The van der Waals surface area contributed by atoms with Crippen LogP contribution in [0.5, 0.6) is 0 Å². The van der Waals surface area contributed by atoms with E-state index in [1.165, 1.54) is 71.1 Å². The van der Waals surface area contributed by atoms with Crippen LogP contribution >= 0.6 is 0 Å².